The highest BCUT2D eigenvalue weighted by Crippen LogP contribution is 2.33. The first kappa shape index (κ1) is 23.7. The quantitative estimate of drug-likeness (QED) is 0.433. The first-order valence-electron chi connectivity index (χ1n) is 10.3. The average molecular weight is 484 g/mol. The van der Waals surface area contributed by atoms with Crippen LogP contribution in [0.2, 0.25) is 0 Å². The van der Waals surface area contributed by atoms with Crippen molar-refractivity contribution in [2.75, 3.05) is 7.11 Å². The van der Waals surface area contributed by atoms with Gasteiger partial charge >= 0.3 is 6.18 Å². The number of halogens is 3. The van der Waals surface area contributed by atoms with Crippen molar-refractivity contribution in [2.24, 2.45) is 0 Å². The number of benzene rings is 1. The van der Waals surface area contributed by atoms with E-state index in [0.717, 1.165) is 11.8 Å². The summed E-state index contributed by atoms with van der Waals surface area (Å²) in [6.45, 7) is 0.365. The molecule has 0 aliphatic carbocycles. The summed E-state index contributed by atoms with van der Waals surface area (Å²) in [6.07, 6.45) is -2.36. The Morgan fingerprint density at radius 3 is 2.40 bits per heavy atom. The van der Waals surface area contributed by atoms with Gasteiger partial charge in [-0.1, -0.05) is 30.3 Å². The minimum absolute atomic E-state index is 0.00474. The van der Waals surface area contributed by atoms with E-state index < -0.39 is 23.3 Å². The lowest BCUT2D eigenvalue weighted by molar-refractivity contribution is -0.143. The third-order valence-corrected chi connectivity index (χ3v) is 5.06. The number of carbonyl (C=O) groups excluding carboxylic acids is 1. The number of pyridine rings is 1. The van der Waals surface area contributed by atoms with Crippen LogP contribution in [0.15, 0.2) is 71.8 Å². The summed E-state index contributed by atoms with van der Waals surface area (Å²) >= 11 is 0. The predicted molar refractivity (Wildman–Crippen MR) is 118 cm³/mol. The molecule has 0 saturated carbocycles. The third-order valence-electron chi connectivity index (χ3n) is 5.06. The second kappa shape index (κ2) is 9.79. The Bertz CT molecular complexity index is 1380. The van der Waals surface area contributed by atoms with Gasteiger partial charge in [0.2, 0.25) is 5.88 Å². The molecule has 0 aliphatic heterocycles. The average Bonchev–Trinajstić information content (AvgIpc) is 3.31. The van der Waals surface area contributed by atoms with Crippen molar-refractivity contribution in [3.8, 4) is 11.7 Å². The maximum Gasteiger partial charge on any atom is 0.434 e. The summed E-state index contributed by atoms with van der Waals surface area (Å²) < 4.78 is 48.3. The van der Waals surface area contributed by atoms with Crippen LogP contribution in [-0.2, 0) is 19.3 Å². The maximum atomic E-state index is 13.8. The van der Waals surface area contributed by atoms with Crippen molar-refractivity contribution in [1.29, 1.82) is 0 Å². The standard InChI is InChI=1S/C23H19F3N6O3/c1-35-19-10-9-18(29-30-19)32-21(23(24,25)26)17(13-28-32)22(34)27-12-15-5-7-16(8-6-15)14-31-11-3-2-4-20(31)33/h2-11,13H,12,14H2,1H3,(H,27,34). The van der Waals surface area contributed by atoms with Crippen molar-refractivity contribution in [2.45, 2.75) is 19.3 Å². The SMILES string of the molecule is COc1ccc(-n2ncc(C(=O)NCc3ccc(Cn4ccccc4=O)cc3)c2C(F)(F)F)nn1. The van der Waals surface area contributed by atoms with Gasteiger partial charge in [0.15, 0.2) is 11.5 Å². The molecule has 1 amide bonds. The van der Waals surface area contributed by atoms with E-state index in [1.807, 2.05) is 0 Å². The molecule has 0 fully saturated rings. The number of ether oxygens (including phenoxy) is 1. The van der Waals surface area contributed by atoms with Gasteiger partial charge in [0.05, 0.1) is 25.4 Å². The van der Waals surface area contributed by atoms with Crippen LogP contribution in [0, 0.1) is 0 Å². The van der Waals surface area contributed by atoms with Crippen LogP contribution in [0.1, 0.15) is 27.2 Å². The molecule has 4 aromatic rings. The van der Waals surface area contributed by atoms with Gasteiger partial charge in [0.1, 0.15) is 0 Å². The molecule has 35 heavy (non-hydrogen) atoms. The van der Waals surface area contributed by atoms with Gasteiger partial charge in [-0.2, -0.15) is 18.3 Å². The fourth-order valence-corrected chi connectivity index (χ4v) is 3.32. The fraction of sp³-hybridized carbons (Fsp3) is 0.174. The Morgan fingerprint density at radius 1 is 1.03 bits per heavy atom. The van der Waals surface area contributed by atoms with Crippen LogP contribution in [0.25, 0.3) is 5.82 Å². The van der Waals surface area contributed by atoms with Crippen molar-refractivity contribution in [3.63, 3.8) is 0 Å². The summed E-state index contributed by atoms with van der Waals surface area (Å²) in [7, 11) is 1.35. The Morgan fingerprint density at radius 2 is 1.77 bits per heavy atom. The Balaban J connectivity index is 1.48. The zero-order chi connectivity index (χ0) is 25.0. The minimum atomic E-state index is -4.87. The number of hydrogen-bond acceptors (Lipinski definition) is 6. The molecule has 0 bridgehead atoms. The number of hydrogen-bond donors (Lipinski definition) is 1. The van der Waals surface area contributed by atoms with Crippen LogP contribution in [-0.4, -0.2) is 37.6 Å². The molecule has 180 valence electrons. The highest BCUT2D eigenvalue weighted by Gasteiger charge is 2.41. The van der Waals surface area contributed by atoms with E-state index in [-0.39, 0.29) is 23.8 Å². The molecular formula is C23H19F3N6O3. The van der Waals surface area contributed by atoms with Crippen molar-refractivity contribution < 1.29 is 22.7 Å². The molecule has 0 saturated heterocycles. The summed E-state index contributed by atoms with van der Waals surface area (Å²) in [5.74, 6) is -1.04. The zero-order valence-electron chi connectivity index (χ0n) is 18.4. The number of carbonyl (C=O) groups is 1. The fourth-order valence-electron chi connectivity index (χ4n) is 3.32. The molecule has 9 nitrogen and oxygen atoms in total. The lowest BCUT2D eigenvalue weighted by atomic mass is 10.1. The topological polar surface area (TPSA) is 104 Å². The monoisotopic (exact) mass is 484 g/mol. The number of methoxy groups -OCH3 is 1. The van der Waals surface area contributed by atoms with Gasteiger partial charge in [-0.05, 0) is 23.3 Å². The van der Waals surface area contributed by atoms with E-state index in [4.69, 9.17) is 4.74 Å². The van der Waals surface area contributed by atoms with Gasteiger partial charge in [-0.3, -0.25) is 9.59 Å². The largest absolute Gasteiger partial charge is 0.480 e. The van der Waals surface area contributed by atoms with Crippen LogP contribution < -0.4 is 15.6 Å². The molecule has 0 radical (unpaired) electrons. The number of nitrogens with one attached hydrogen (secondary N) is 1. The Kier molecular flexibility index (Phi) is 6.62. The molecule has 4 rings (SSSR count). The number of nitrogens with zero attached hydrogens (tertiary/aromatic N) is 5. The Hall–Kier alpha value is -4.48. The summed E-state index contributed by atoms with van der Waals surface area (Å²) in [5, 5.41) is 13.5. The Labute approximate surface area is 196 Å². The van der Waals surface area contributed by atoms with Crippen molar-refractivity contribution in [1.82, 2.24) is 29.9 Å². The molecule has 3 aromatic heterocycles. The molecular weight excluding hydrogens is 465 g/mol. The highest BCUT2D eigenvalue weighted by atomic mass is 19.4. The molecule has 0 aliphatic rings. The smallest absolute Gasteiger partial charge is 0.434 e. The van der Waals surface area contributed by atoms with Crippen molar-refractivity contribution in [3.05, 3.63) is 99.7 Å². The minimum Gasteiger partial charge on any atom is -0.480 e. The van der Waals surface area contributed by atoms with Crippen LogP contribution in [0.5, 0.6) is 5.88 Å². The predicted octanol–water partition coefficient (Wildman–Crippen LogP) is 2.83. The first-order valence-corrected chi connectivity index (χ1v) is 10.3. The number of rotatable bonds is 7. The number of amides is 1. The van der Waals surface area contributed by atoms with E-state index >= 15 is 0 Å². The molecule has 0 spiro atoms. The zero-order valence-corrected chi connectivity index (χ0v) is 18.4. The lowest BCUT2D eigenvalue weighted by Crippen LogP contribution is -2.26. The van der Waals surface area contributed by atoms with E-state index in [1.54, 1.807) is 47.2 Å². The van der Waals surface area contributed by atoms with Gasteiger partial charge in [0, 0.05) is 24.9 Å². The first-order chi connectivity index (χ1) is 16.8. The molecule has 12 heteroatoms. The third kappa shape index (κ3) is 5.37. The van der Waals surface area contributed by atoms with Crippen LogP contribution >= 0.6 is 0 Å². The summed E-state index contributed by atoms with van der Waals surface area (Å²) in [6, 6.07) is 14.5. The van der Waals surface area contributed by atoms with E-state index in [9.17, 15) is 22.8 Å². The summed E-state index contributed by atoms with van der Waals surface area (Å²) in [5.41, 5.74) is -0.516. The second-order valence-electron chi connectivity index (χ2n) is 7.42. The van der Waals surface area contributed by atoms with Crippen LogP contribution in [0.3, 0.4) is 0 Å². The highest BCUT2D eigenvalue weighted by molar-refractivity contribution is 5.95. The van der Waals surface area contributed by atoms with Crippen LogP contribution in [0.4, 0.5) is 13.2 Å². The second-order valence-corrected chi connectivity index (χ2v) is 7.42. The molecule has 0 atom stereocenters. The van der Waals surface area contributed by atoms with E-state index in [2.05, 4.69) is 20.6 Å². The summed E-state index contributed by atoms with van der Waals surface area (Å²) in [4.78, 5) is 24.5. The van der Waals surface area contributed by atoms with Gasteiger partial charge in [-0.25, -0.2) is 4.68 Å². The van der Waals surface area contributed by atoms with Gasteiger partial charge in [-0.15, -0.1) is 10.2 Å². The molecule has 1 aromatic carbocycles. The molecule has 0 unspecified atom stereocenters. The van der Waals surface area contributed by atoms with E-state index in [1.165, 1.54) is 25.3 Å². The molecule has 1 N–H and O–H groups in total. The number of aromatic nitrogens is 5. The van der Waals surface area contributed by atoms with Gasteiger partial charge < -0.3 is 14.6 Å². The normalized spacial score (nSPS) is 11.3. The number of alkyl halides is 3. The van der Waals surface area contributed by atoms with Gasteiger partial charge in [0.25, 0.3) is 11.5 Å². The lowest BCUT2D eigenvalue weighted by Gasteiger charge is -2.12. The maximum absolute atomic E-state index is 13.8. The van der Waals surface area contributed by atoms with Crippen molar-refractivity contribution >= 4 is 5.91 Å². The molecule has 3 heterocycles. The van der Waals surface area contributed by atoms with E-state index in [0.29, 0.717) is 16.8 Å².